The van der Waals surface area contributed by atoms with Gasteiger partial charge in [0.1, 0.15) is 17.5 Å². The summed E-state index contributed by atoms with van der Waals surface area (Å²) in [6, 6.07) is 15.5. The van der Waals surface area contributed by atoms with Gasteiger partial charge in [0.15, 0.2) is 0 Å². The Morgan fingerprint density at radius 3 is 2.25 bits per heavy atom. The molecular formula is C25H29N3O4. The van der Waals surface area contributed by atoms with Gasteiger partial charge in [-0.05, 0) is 54.7 Å². The first-order chi connectivity index (χ1) is 15.5. The summed E-state index contributed by atoms with van der Waals surface area (Å²) in [5, 5.41) is 2.67. The van der Waals surface area contributed by atoms with Crippen molar-refractivity contribution in [2.75, 3.05) is 13.1 Å². The van der Waals surface area contributed by atoms with Crippen LogP contribution in [0.3, 0.4) is 0 Å². The summed E-state index contributed by atoms with van der Waals surface area (Å²) in [7, 11) is 0. The van der Waals surface area contributed by atoms with Crippen molar-refractivity contribution < 1.29 is 19.1 Å². The van der Waals surface area contributed by atoms with Crippen molar-refractivity contribution in [2.24, 2.45) is 17.6 Å². The first-order valence-electron chi connectivity index (χ1n) is 11.2. The standard InChI is InChI=1S/C25H29N3O4/c26-24(30)22-14-19(17-6-4-5-7-17)16-28(22)23(29)15-27-25(31)18-10-12-21(13-11-18)32-20-8-2-1-3-9-20/h1-3,8-13,17,19,22H,4-7,14-16H2,(H2,26,30)(H,27,31). The van der Waals surface area contributed by atoms with Crippen LogP contribution in [-0.4, -0.2) is 41.8 Å². The van der Waals surface area contributed by atoms with E-state index in [9.17, 15) is 14.4 Å². The SMILES string of the molecule is NC(=O)C1CC(C2CCCC2)CN1C(=O)CNC(=O)c1ccc(Oc2ccccc2)cc1. The van der Waals surface area contributed by atoms with Crippen LogP contribution in [0.5, 0.6) is 11.5 Å². The topological polar surface area (TPSA) is 102 Å². The van der Waals surface area contributed by atoms with Crippen molar-refractivity contribution in [1.29, 1.82) is 0 Å². The monoisotopic (exact) mass is 435 g/mol. The molecule has 0 spiro atoms. The highest BCUT2D eigenvalue weighted by molar-refractivity contribution is 5.97. The molecule has 32 heavy (non-hydrogen) atoms. The Bertz CT molecular complexity index is 955. The zero-order valence-corrected chi connectivity index (χ0v) is 18.0. The Hall–Kier alpha value is -3.35. The molecule has 7 nitrogen and oxygen atoms in total. The molecular weight excluding hydrogens is 406 g/mol. The second-order valence-corrected chi connectivity index (χ2v) is 8.63. The molecule has 0 aromatic heterocycles. The minimum atomic E-state index is -0.584. The van der Waals surface area contributed by atoms with Gasteiger partial charge in [0, 0.05) is 12.1 Å². The summed E-state index contributed by atoms with van der Waals surface area (Å²) in [6.07, 6.45) is 5.35. The highest BCUT2D eigenvalue weighted by Crippen LogP contribution is 2.38. The number of carbonyl (C=O) groups excluding carboxylic acids is 3. The third kappa shape index (κ3) is 5.10. The van der Waals surface area contributed by atoms with E-state index in [-0.39, 0.29) is 18.4 Å². The lowest BCUT2D eigenvalue weighted by molar-refractivity contribution is -0.136. The van der Waals surface area contributed by atoms with Gasteiger partial charge in [-0.25, -0.2) is 0 Å². The second-order valence-electron chi connectivity index (χ2n) is 8.63. The van der Waals surface area contributed by atoms with Crippen LogP contribution in [0.4, 0.5) is 0 Å². The van der Waals surface area contributed by atoms with E-state index >= 15 is 0 Å². The normalized spacial score (nSPS) is 20.8. The third-order valence-electron chi connectivity index (χ3n) is 6.54. The lowest BCUT2D eigenvalue weighted by Gasteiger charge is -2.23. The van der Waals surface area contributed by atoms with Crippen LogP contribution in [0.2, 0.25) is 0 Å². The van der Waals surface area contributed by atoms with Gasteiger partial charge in [-0.15, -0.1) is 0 Å². The highest BCUT2D eigenvalue weighted by atomic mass is 16.5. The fourth-order valence-electron chi connectivity index (χ4n) is 4.84. The Kier molecular flexibility index (Phi) is 6.73. The van der Waals surface area contributed by atoms with E-state index in [1.54, 1.807) is 29.2 Å². The number of likely N-dealkylation sites (tertiary alicyclic amines) is 1. The number of carbonyl (C=O) groups is 3. The van der Waals surface area contributed by atoms with E-state index in [0.29, 0.717) is 41.9 Å². The van der Waals surface area contributed by atoms with Crippen LogP contribution in [0.1, 0.15) is 42.5 Å². The molecule has 1 aliphatic heterocycles. The molecule has 1 heterocycles. The lowest BCUT2D eigenvalue weighted by Crippen LogP contribution is -2.47. The summed E-state index contributed by atoms with van der Waals surface area (Å²) in [5.74, 6) is 1.09. The van der Waals surface area contributed by atoms with E-state index in [1.807, 2.05) is 30.3 Å². The second kappa shape index (κ2) is 9.85. The molecule has 2 aromatic carbocycles. The summed E-state index contributed by atoms with van der Waals surface area (Å²) in [4.78, 5) is 38.8. The maximum atomic E-state index is 12.8. The largest absolute Gasteiger partial charge is 0.457 e. The predicted octanol–water partition coefficient (Wildman–Crippen LogP) is 3.10. The van der Waals surface area contributed by atoms with Crippen molar-refractivity contribution >= 4 is 17.7 Å². The summed E-state index contributed by atoms with van der Waals surface area (Å²) in [5.41, 5.74) is 6.00. The molecule has 1 aliphatic carbocycles. The van der Waals surface area contributed by atoms with Crippen molar-refractivity contribution in [2.45, 2.75) is 38.1 Å². The number of hydrogen-bond acceptors (Lipinski definition) is 4. The first kappa shape index (κ1) is 21.9. The van der Waals surface area contributed by atoms with Gasteiger partial charge in [-0.1, -0.05) is 43.9 Å². The van der Waals surface area contributed by atoms with E-state index in [2.05, 4.69) is 5.32 Å². The van der Waals surface area contributed by atoms with Crippen LogP contribution in [0.15, 0.2) is 54.6 Å². The minimum Gasteiger partial charge on any atom is -0.457 e. The van der Waals surface area contributed by atoms with Crippen molar-refractivity contribution in [3.8, 4) is 11.5 Å². The van der Waals surface area contributed by atoms with E-state index in [4.69, 9.17) is 10.5 Å². The van der Waals surface area contributed by atoms with E-state index in [1.165, 1.54) is 12.8 Å². The van der Waals surface area contributed by atoms with Crippen LogP contribution in [0.25, 0.3) is 0 Å². The van der Waals surface area contributed by atoms with Gasteiger partial charge in [0.2, 0.25) is 11.8 Å². The molecule has 3 N–H and O–H groups in total. The molecule has 2 aliphatic rings. The molecule has 7 heteroatoms. The summed E-state index contributed by atoms with van der Waals surface area (Å²) in [6.45, 7) is 0.376. The molecule has 1 saturated carbocycles. The fourth-order valence-corrected chi connectivity index (χ4v) is 4.84. The average Bonchev–Trinajstić information content (AvgIpc) is 3.48. The number of rotatable bonds is 7. The van der Waals surface area contributed by atoms with Gasteiger partial charge in [-0.3, -0.25) is 14.4 Å². The van der Waals surface area contributed by atoms with Gasteiger partial charge >= 0.3 is 0 Å². The summed E-state index contributed by atoms with van der Waals surface area (Å²) >= 11 is 0. The number of benzene rings is 2. The molecule has 3 amide bonds. The Morgan fingerprint density at radius 2 is 1.59 bits per heavy atom. The first-order valence-corrected chi connectivity index (χ1v) is 11.2. The summed E-state index contributed by atoms with van der Waals surface area (Å²) < 4.78 is 5.73. The number of nitrogens with two attached hydrogens (primary N) is 1. The van der Waals surface area contributed by atoms with Gasteiger partial charge in [0.25, 0.3) is 5.91 Å². The quantitative estimate of drug-likeness (QED) is 0.698. The van der Waals surface area contributed by atoms with Gasteiger partial charge in [0.05, 0.1) is 6.54 Å². The number of para-hydroxylation sites is 1. The number of hydrogen-bond donors (Lipinski definition) is 2. The molecule has 4 rings (SSSR count). The van der Waals surface area contributed by atoms with Crippen molar-refractivity contribution in [3.63, 3.8) is 0 Å². The molecule has 0 radical (unpaired) electrons. The number of ether oxygens (including phenoxy) is 1. The van der Waals surface area contributed by atoms with E-state index in [0.717, 1.165) is 12.8 Å². The number of amides is 3. The van der Waals surface area contributed by atoms with Crippen molar-refractivity contribution in [1.82, 2.24) is 10.2 Å². The van der Waals surface area contributed by atoms with Crippen LogP contribution in [0, 0.1) is 11.8 Å². The predicted molar refractivity (Wildman–Crippen MR) is 120 cm³/mol. The number of nitrogens with one attached hydrogen (secondary N) is 1. The van der Waals surface area contributed by atoms with Crippen molar-refractivity contribution in [3.05, 3.63) is 60.2 Å². The highest BCUT2D eigenvalue weighted by Gasteiger charge is 2.41. The smallest absolute Gasteiger partial charge is 0.251 e. The third-order valence-corrected chi connectivity index (χ3v) is 6.54. The average molecular weight is 436 g/mol. The Balaban J connectivity index is 1.31. The molecule has 2 fully saturated rings. The van der Waals surface area contributed by atoms with E-state index < -0.39 is 11.9 Å². The molecule has 2 atom stereocenters. The number of primary amides is 1. The molecule has 2 unspecified atom stereocenters. The number of nitrogens with zero attached hydrogens (tertiary/aromatic N) is 1. The van der Waals surface area contributed by atoms with Crippen LogP contribution < -0.4 is 15.8 Å². The minimum absolute atomic E-state index is 0.164. The fraction of sp³-hybridized carbons (Fsp3) is 0.400. The van der Waals surface area contributed by atoms with Gasteiger partial charge < -0.3 is 20.7 Å². The molecule has 168 valence electrons. The van der Waals surface area contributed by atoms with Gasteiger partial charge in [-0.2, -0.15) is 0 Å². The maximum Gasteiger partial charge on any atom is 0.251 e. The molecule has 0 bridgehead atoms. The zero-order chi connectivity index (χ0) is 22.5. The van der Waals surface area contributed by atoms with Crippen LogP contribution in [-0.2, 0) is 9.59 Å². The Morgan fingerprint density at radius 1 is 0.938 bits per heavy atom. The Labute approximate surface area is 187 Å². The lowest BCUT2D eigenvalue weighted by atomic mass is 9.89. The molecule has 2 aromatic rings. The zero-order valence-electron chi connectivity index (χ0n) is 18.0. The maximum absolute atomic E-state index is 12.8. The molecule has 1 saturated heterocycles. The van der Waals surface area contributed by atoms with Crippen LogP contribution >= 0.6 is 0 Å².